The first-order valence-electron chi connectivity index (χ1n) is 7.68. The van der Waals surface area contributed by atoms with Crippen molar-refractivity contribution in [1.29, 1.82) is 0 Å². The zero-order valence-corrected chi connectivity index (χ0v) is 18.2. The first kappa shape index (κ1) is 26.7. The number of benzene rings is 2. The third-order valence-corrected chi connectivity index (χ3v) is 4.10. The van der Waals surface area contributed by atoms with E-state index in [0.29, 0.717) is 11.8 Å². The topological polar surface area (TPSA) is 0 Å². The Bertz CT molecular complexity index is 625. The van der Waals surface area contributed by atoms with Crippen LogP contribution in [0.25, 0.3) is 0 Å². The van der Waals surface area contributed by atoms with Gasteiger partial charge in [0.1, 0.15) is 0 Å². The predicted molar refractivity (Wildman–Crippen MR) is 89.0 cm³/mol. The molecule has 0 aromatic heterocycles. The fourth-order valence-corrected chi connectivity index (χ4v) is 3.12. The van der Waals surface area contributed by atoms with Gasteiger partial charge in [0.15, 0.2) is 0 Å². The second-order valence-electron chi connectivity index (χ2n) is 5.86. The zero-order valence-electron chi connectivity index (χ0n) is 14.3. The number of hydrogen-bond donors (Lipinski definition) is 0. The molecular formula is C21H21Cl3Ti. The van der Waals surface area contributed by atoms with E-state index in [1.54, 1.807) is 0 Å². The molecule has 3 rings (SSSR count). The van der Waals surface area contributed by atoms with Crippen molar-refractivity contribution in [3.05, 3.63) is 95.1 Å². The minimum atomic E-state index is 0. The SMILES string of the molecule is CC(C)C1=CC[C-]=C1C(c1ccccc1)c1ccccc1.[Cl-].[Cl-].[Cl-].[Ti+4]. The molecule has 25 heavy (non-hydrogen) atoms. The van der Waals surface area contributed by atoms with Crippen molar-refractivity contribution in [2.75, 3.05) is 0 Å². The van der Waals surface area contributed by atoms with E-state index in [2.05, 4.69) is 86.7 Å². The minimum Gasteiger partial charge on any atom is -1.00 e. The van der Waals surface area contributed by atoms with Crippen LogP contribution in [0, 0.1) is 12.0 Å². The van der Waals surface area contributed by atoms with Gasteiger partial charge in [0.2, 0.25) is 0 Å². The molecule has 0 amide bonds. The summed E-state index contributed by atoms with van der Waals surface area (Å²) in [4.78, 5) is 0. The van der Waals surface area contributed by atoms with Crippen molar-refractivity contribution in [2.45, 2.75) is 26.2 Å². The molecule has 0 saturated carbocycles. The van der Waals surface area contributed by atoms with Crippen LogP contribution in [-0.2, 0) is 21.7 Å². The molecule has 0 bridgehead atoms. The maximum absolute atomic E-state index is 3.61. The summed E-state index contributed by atoms with van der Waals surface area (Å²) in [5, 5.41) is 0. The van der Waals surface area contributed by atoms with Crippen molar-refractivity contribution in [3.63, 3.8) is 0 Å². The van der Waals surface area contributed by atoms with E-state index in [4.69, 9.17) is 0 Å². The monoisotopic (exact) mass is 426 g/mol. The van der Waals surface area contributed by atoms with Gasteiger partial charge < -0.3 is 37.2 Å². The Morgan fingerprint density at radius 2 is 1.20 bits per heavy atom. The number of rotatable bonds is 4. The van der Waals surface area contributed by atoms with Crippen molar-refractivity contribution >= 4 is 0 Å². The Morgan fingerprint density at radius 3 is 1.60 bits per heavy atom. The van der Waals surface area contributed by atoms with Crippen LogP contribution >= 0.6 is 0 Å². The largest absolute Gasteiger partial charge is 4.00 e. The van der Waals surface area contributed by atoms with Crippen LogP contribution in [0.3, 0.4) is 0 Å². The summed E-state index contributed by atoms with van der Waals surface area (Å²) in [5.41, 5.74) is 5.51. The smallest absolute Gasteiger partial charge is 1.00 e. The Kier molecular flexibility index (Phi) is 13.7. The summed E-state index contributed by atoms with van der Waals surface area (Å²) >= 11 is 0. The summed E-state index contributed by atoms with van der Waals surface area (Å²) in [7, 11) is 0. The third-order valence-electron chi connectivity index (χ3n) is 4.10. The Balaban J connectivity index is 0. The predicted octanol–water partition coefficient (Wildman–Crippen LogP) is -3.46. The normalized spacial score (nSPS) is 12.2. The van der Waals surface area contributed by atoms with Gasteiger partial charge in [-0.2, -0.15) is 11.6 Å². The molecule has 0 nitrogen and oxygen atoms in total. The molecule has 0 heterocycles. The van der Waals surface area contributed by atoms with Gasteiger partial charge in [-0.3, -0.25) is 6.08 Å². The van der Waals surface area contributed by atoms with Gasteiger partial charge in [-0.15, -0.1) is 6.42 Å². The van der Waals surface area contributed by atoms with Gasteiger partial charge >= 0.3 is 21.7 Å². The van der Waals surface area contributed by atoms with Crippen LogP contribution < -0.4 is 37.2 Å². The zero-order chi connectivity index (χ0) is 14.7. The second-order valence-corrected chi connectivity index (χ2v) is 5.86. The molecule has 0 unspecified atom stereocenters. The van der Waals surface area contributed by atoms with Gasteiger partial charge in [-0.25, -0.2) is 5.57 Å². The van der Waals surface area contributed by atoms with Gasteiger partial charge in [0, 0.05) is 5.92 Å². The Hall–Kier alpha value is -0.496. The van der Waals surface area contributed by atoms with Crippen molar-refractivity contribution in [2.24, 2.45) is 5.92 Å². The van der Waals surface area contributed by atoms with E-state index in [1.165, 1.54) is 22.3 Å². The average molecular weight is 428 g/mol. The molecule has 1 aliphatic rings. The van der Waals surface area contributed by atoms with E-state index in [1.807, 2.05) is 0 Å². The number of halogens is 3. The van der Waals surface area contributed by atoms with Gasteiger partial charge in [0.25, 0.3) is 0 Å². The van der Waals surface area contributed by atoms with Crippen LogP contribution in [0.15, 0.2) is 77.9 Å². The van der Waals surface area contributed by atoms with E-state index < -0.39 is 0 Å². The fourth-order valence-electron chi connectivity index (χ4n) is 3.12. The number of hydrogen-bond acceptors (Lipinski definition) is 0. The Morgan fingerprint density at radius 1 is 0.760 bits per heavy atom. The third kappa shape index (κ3) is 6.31. The maximum atomic E-state index is 3.61. The molecule has 0 spiro atoms. The van der Waals surface area contributed by atoms with Crippen molar-refractivity contribution < 1.29 is 58.9 Å². The molecule has 0 fully saturated rings. The summed E-state index contributed by atoms with van der Waals surface area (Å²) < 4.78 is 0. The van der Waals surface area contributed by atoms with Crippen LogP contribution in [-0.4, -0.2) is 0 Å². The summed E-state index contributed by atoms with van der Waals surface area (Å²) in [6.07, 6.45) is 6.88. The molecule has 0 saturated heterocycles. The average Bonchev–Trinajstić information content (AvgIpc) is 2.99. The Labute approximate surface area is 185 Å². The van der Waals surface area contributed by atoms with E-state index in [-0.39, 0.29) is 58.9 Å². The molecule has 0 N–H and O–H groups in total. The van der Waals surface area contributed by atoms with Crippen LogP contribution in [0.4, 0.5) is 0 Å². The fraction of sp³-hybridized carbons (Fsp3) is 0.238. The van der Waals surface area contributed by atoms with E-state index >= 15 is 0 Å². The summed E-state index contributed by atoms with van der Waals surface area (Å²) in [5.74, 6) is 0.841. The molecular weight excluding hydrogens is 406 g/mol. The molecule has 0 atom stereocenters. The number of allylic oxidation sites excluding steroid dienone is 4. The van der Waals surface area contributed by atoms with Crippen LogP contribution in [0.2, 0.25) is 0 Å². The molecule has 0 radical (unpaired) electrons. The van der Waals surface area contributed by atoms with Crippen LogP contribution in [0.5, 0.6) is 0 Å². The van der Waals surface area contributed by atoms with Gasteiger partial charge in [0.05, 0.1) is 0 Å². The molecule has 2 aromatic rings. The standard InChI is InChI=1S/C21H21.3ClH.Ti/c1-16(2)19-14-9-15-20(19)21(17-10-5-3-6-11-17)18-12-7-4-8-13-18;;;;/h3-8,10-14,16,21H,9H2,1-2H3;3*1H;/q-1;;;;+4/p-3. The summed E-state index contributed by atoms with van der Waals surface area (Å²) in [6.45, 7) is 4.54. The maximum Gasteiger partial charge on any atom is 4.00 e. The minimum absolute atomic E-state index is 0. The summed E-state index contributed by atoms with van der Waals surface area (Å²) in [6, 6.07) is 21.6. The molecule has 0 aliphatic heterocycles. The van der Waals surface area contributed by atoms with Crippen molar-refractivity contribution in [1.82, 2.24) is 0 Å². The quantitative estimate of drug-likeness (QED) is 0.352. The van der Waals surface area contributed by atoms with Gasteiger partial charge in [-0.05, 0) is 11.1 Å². The van der Waals surface area contributed by atoms with Crippen LogP contribution in [0.1, 0.15) is 37.3 Å². The molecule has 130 valence electrons. The molecule has 4 heteroatoms. The molecule has 2 aromatic carbocycles. The van der Waals surface area contributed by atoms with Crippen molar-refractivity contribution in [3.8, 4) is 0 Å². The van der Waals surface area contributed by atoms with E-state index in [9.17, 15) is 0 Å². The van der Waals surface area contributed by atoms with Gasteiger partial charge in [-0.1, -0.05) is 80.4 Å². The molecule has 1 aliphatic carbocycles. The first-order chi connectivity index (χ1) is 10.3. The van der Waals surface area contributed by atoms with E-state index in [0.717, 1.165) is 6.42 Å². The second kappa shape index (κ2) is 12.8. The first-order valence-corrected chi connectivity index (χ1v) is 7.68.